The number of aromatic nitrogens is 4. The molecule has 0 bridgehead atoms. The van der Waals surface area contributed by atoms with Gasteiger partial charge in [0.2, 0.25) is 0 Å². The van der Waals surface area contributed by atoms with Crippen LogP contribution in [0.15, 0.2) is 36.7 Å². The molecule has 0 aliphatic rings. The second kappa shape index (κ2) is 5.03. The van der Waals surface area contributed by atoms with E-state index in [4.69, 9.17) is 27.9 Å². The Balaban J connectivity index is 1.86. The van der Waals surface area contributed by atoms with Crippen molar-refractivity contribution >= 4 is 28.8 Å². The van der Waals surface area contributed by atoms with E-state index in [9.17, 15) is 0 Å². The molecule has 0 spiro atoms. The fourth-order valence-corrected chi connectivity index (χ4v) is 2.09. The maximum Gasteiger partial charge on any atom is 0.180 e. The molecule has 2 heterocycles. The van der Waals surface area contributed by atoms with Gasteiger partial charge in [-0.3, -0.25) is 9.38 Å². The lowest BCUT2D eigenvalue weighted by atomic mass is 10.3. The number of fused-ring (bicyclic) bond motifs is 1. The molecule has 0 saturated carbocycles. The first-order valence-corrected chi connectivity index (χ1v) is 6.21. The fourth-order valence-electron chi connectivity index (χ4n) is 1.67. The first kappa shape index (κ1) is 12.2. The largest absolute Gasteiger partial charge is 0.486 e. The van der Waals surface area contributed by atoms with E-state index in [1.165, 1.54) is 6.20 Å². The van der Waals surface area contributed by atoms with Gasteiger partial charge < -0.3 is 4.74 Å². The summed E-state index contributed by atoms with van der Waals surface area (Å²) in [5.74, 6) is 1.26. The summed E-state index contributed by atoms with van der Waals surface area (Å²) >= 11 is 11.9. The second-order valence-electron chi connectivity index (χ2n) is 3.79. The van der Waals surface area contributed by atoms with E-state index in [0.717, 1.165) is 0 Å². The third-order valence-electron chi connectivity index (χ3n) is 2.50. The lowest BCUT2D eigenvalue weighted by Crippen LogP contribution is -2.02. The Morgan fingerprint density at radius 1 is 1.16 bits per heavy atom. The summed E-state index contributed by atoms with van der Waals surface area (Å²) in [5, 5.41) is 9.05. The van der Waals surface area contributed by atoms with E-state index in [0.29, 0.717) is 27.4 Å². The molecule has 0 saturated heterocycles. The van der Waals surface area contributed by atoms with Crippen molar-refractivity contribution in [3.8, 4) is 5.75 Å². The number of halogens is 2. The molecule has 0 N–H and O–H groups in total. The number of nitrogens with zero attached hydrogens (tertiary/aromatic N) is 4. The van der Waals surface area contributed by atoms with Crippen molar-refractivity contribution < 1.29 is 4.74 Å². The maximum atomic E-state index is 6.05. The Morgan fingerprint density at radius 3 is 2.89 bits per heavy atom. The molecule has 0 aliphatic carbocycles. The molecular weight excluding hydrogens is 287 g/mol. The highest BCUT2D eigenvalue weighted by molar-refractivity contribution is 6.30. The Hall–Kier alpha value is -1.85. The van der Waals surface area contributed by atoms with Crippen LogP contribution in [0.3, 0.4) is 0 Å². The third-order valence-corrected chi connectivity index (χ3v) is 3.01. The van der Waals surface area contributed by atoms with Crippen LogP contribution in [0, 0.1) is 0 Å². The summed E-state index contributed by atoms with van der Waals surface area (Å²) in [7, 11) is 0. The molecule has 0 aliphatic heterocycles. The summed E-state index contributed by atoms with van der Waals surface area (Å²) in [4.78, 5) is 3.94. The van der Waals surface area contributed by atoms with E-state index in [-0.39, 0.29) is 6.61 Å². The molecule has 7 heteroatoms. The van der Waals surface area contributed by atoms with Crippen LogP contribution in [0.5, 0.6) is 5.75 Å². The van der Waals surface area contributed by atoms with E-state index < -0.39 is 0 Å². The zero-order valence-corrected chi connectivity index (χ0v) is 11.1. The normalized spacial score (nSPS) is 10.8. The number of hydrogen-bond donors (Lipinski definition) is 0. The standard InChI is InChI=1S/C12H8Cl2N4O/c13-8-2-1-3-9(4-8)19-7-12-17-16-11-6-15-5-10(14)18(11)12/h1-6H,7H2. The van der Waals surface area contributed by atoms with Crippen molar-refractivity contribution in [1.82, 2.24) is 19.6 Å². The third kappa shape index (κ3) is 2.47. The van der Waals surface area contributed by atoms with Gasteiger partial charge in [-0.25, -0.2) is 0 Å². The lowest BCUT2D eigenvalue weighted by Gasteiger charge is -2.05. The Labute approximate surface area is 118 Å². The second-order valence-corrected chi connectivity index (χ2v) is 4.61. The molecule has 2 aromatic heterocycles. The van der Waals surface area contributed by atoms with Crippen LogP contribution in [0.25, 0.3) is 5.65 Å². The molecule has 5 nitrogen and oxygen atoms in total. The first-order chi connectivity index (χ1) is 9.24. The van der Waals surface area contributed by atoms with Crippen molar-refractivity contribution in [3.63, 3.8) is 0 Å². The highest BCUT2D eigenvalue weighted by atomic mass is 35.5. The van der Waals surface area contributed by atoms with Crippen LogP contribution in [-0.2, 0) is 6.61 Å². The predicted octanol–water partition coefficient (Wildman–Crippen LogP) is 3.01. The summed E-state index contributed by atoms with van der Waals surface area (Å²) in [6.07, 6.45) is 3.11. The van der Waals surface area contributed by atoms with Gasteiger partial charge in [-0.05, 0) is 18.2 Å². The summed E-state index contributed by atoms with van der Waals surface area (Å²) in [5.41, 5.74) is 0.581. The van der Waals surface area contributed by atoms with Crippen LogP contribution in [0.1, 0.15) is 5.82 Å². The van der Waals surface area contributed by atoms with Crippen LogP contribution in [0.4, 0.5) is 0 Å². The molecule has 0 unspecified atom stereocenters. The number of rotatable bonds is 3. The van der Waals surface area contributed by atoms with Gasteiger partial charge in [0.15, 0.2) is 11.5 Å². The molecule has 3 rings (SSSR count). The van der Waals surface area contributed by atoms with Gasteiger partial charge in [-0.1, -0.05) is 29.3 Å². The van der Waals surface area contributed by atoms with Gasteiger partial charge in [-0.2, -0.15) is 0 Å². The smallest absolute Gasteiger partial charge is 0.180 e. The Morgan fingerprint density at radius 2 is 2.05 bits per heavy atom. The number of ether oxygens (including phenoxy) is 1. The molecule has 0 atom stereocenters. The van der Waals surface area contributed by atoms with E-state index in [1.807, 2.05) is 12.1 Å². The maximum absolute atomic E-state index is 6.05. The zero-order valence-electron chi connectivity index (χ0n) is 9.62. The highest BCUT2D eigenvalue weighted by Gasteiger charge is 2.09. The first-order valence-electron chi connectivity index (χ1n) is 5.46. The summed E-state index contributed by atoms with van der Waals surface area (Å²) < 4.78 is 7.29. The molecule has 0 radical (unpaired) electrons. The predicted molar refractivity (Wildman–Crippen MR) is 71.6 cm³/mol. The van der Waals surface area contributed by atoms with Crippen LogP contribution >= 0.6 is 23.2 Å². The molecule has 0 fully saturated rings. The van der Waals surface area contributed by atoms with Crippen molar-refractivity contribution in [2.75, 3.05) is 0 Å². The fraction of sp³-hybridized carbons (Fsp3) is 0.0833. The van der Waals surface area contributed by atoms with Crippen LogP contribution in [-0.4, -0.2) is 19.6 Å². The van der Waals surface area contributed by atoms with E-state index in [2.05, 4.69) is 15.2 Å². The number of hydrogen-bond acceptors (Lipinski definition) is 4. The zero-order chi connectivity index (χ0) is 13.2. The molecule has 19 heavy (non-hydrogen) atoms. The Kier molecular flexibility index (Phi) is 3.23. The molecule has 3 aromatic rings. The SMILES string of the molecule is Clc1cccc(OCc2nnc3cncc(Cl)n23)c1. The highest BCUT2D eigenvalue weighted by Crippen LogP contribution is 2.19. The molecule has 1 aromatic carbocycles. The van der Waals surface area contributed by atoms with Crippen molar-refractivity contribution in [2.24, 2.45) is 0 Å². The number of benzene rings is 1. The van der Waals surface area contributed by atoms with Crippen molar-refractivity contribution in [3.05, 3.63) is 52.7 Å². The van der Waals surface area contributed by atoms with Gasteiger partial charge in [0.1, 0.15) is 17.5 Å². The topological polar surface area (TPSA) is 52.3 Å². The van der Waals surface area contributed by atoms with E-state index in [1.54, 1.807) is 22.7 Å². The van der Waals surface area contributed by atoms with Gasteiger partial charge >= 0.3 is 0 Å². The average Bonchev–Trinajstić information content (AvgIpc) is 2.81. The summed E-state index contributed by atoms with van der Waals surface area (Å²) in [6, 6.07) is 7.14. The van der Waals surface area contributed by atoms with Crippen LogP contribution in [0.2, 0.25) is 10.2 Å². The van der Waals surface area contributed by atoms with Crippen molar-refractivity contribution in [2.45, 2.75) is 6.61 Å². The van der Waals surface area contributed by atoms with Crippen molar-refractivity contribution in [1.29, 1.82) is 0 Å². The summed E-state index contributed by atoms with van der Waals surface area (Å²) in [6.45, 7) is 0.241. The molecule has 96 valence electrons. The lowest BCUT2D eigenvalue weighted by molar-refractivity contribution is 0.294. The quantitative estimate of drug-likeness (QED) is 0.745. The van der Waals surface area contributed by atoms with E-state index >= 15 is 0 Å². The minimum atomic E-state index is 0.241. The molecule has 0 amide bonds. The Bertz CT molecular complexity index is 729. The minimum absolute atomic E-state index is 0.241. The molecular formula is C12H8Cl2N4O. The monoisotopic (exact) mass is 294 g/mol. The van der Waals surface area contributed by atoms with Gasteiger partial charge in [0, 0.05) is 5.02 Å². The van der Waals surface area contributed by atoms with Gasteiger partial charge in [0.05, 0.1) is 12.4 Å². The van der Waals surface area contributed by atoms with Gasteiger partial charge in [0.25, 0.3) is 0 Å². The average molecular weight is 295 g/mol. The minimum Gasteiger partial charge on any atom is -0.486 e. The van der Waals surface area contributed by atoms with Gasteiger partial charge in [-0.15, -0.1) is 10.2 Å². The van der Waals surface area contributed by atoms with Crippen LogP contribution < -0.4 is 4.74 Å².